The Hall–Kier alpha value is -0.720. The molecule has 0 spiro atoms. The summed E-state index contributed by atoms with van der Waals surface area (Å²) in [4.78, 5) is 0. The molecule has 0 aliphatic carbocycles. The number of hydrogen-bond acceptors (Lipinski definition) is 1. The molecule has 0 aliphatic rings. The van der Waals surface area contributed by atoms with Crippen LogP contribution in [0, 0.1) is 0 Å². The highest BCUT2D eigenvalue weighted by Gasteiger charge is 1.91. The van der Waals surface area contributed by atoms with Crippen molar-refractivity contribution in [2.45, 2.75) is 129 Å². The normalized spacial score (nSPS) is 11.8. The minimum absolute atomic E-state index is 1.15. The van der Waals surface area contributed by atoms with Gasteiger partial charge in [0.2, 0.25) is 0 Å². The van der Waals surface area contributed by atoms with Crippen molar-refractivity contribution in [3.05, 3.63) is 24.7 Å². The quantitative estimate of drug-likeness (QED) is 0.157. The lowest BCUT2D eigenvalue weighted by Gasteiger charge is -2.00. The van der Waals surface area contributed by atoms with Crippen LogP contribution in [0.3, 0.4) is 0 Å². The zero-order valence-electron chi connectivity index (χ0n) is 17.4. The Labute approximate surface area is 159 Å². The Bertz CT molecular complexity index is 252. The maximum Gasteiger partial charge on any atom is 0.0861 e. The molecule has 25 heavy (non-hydrogen) atoms. The zero-order chi connectivity index (χ0) is 18.3. The second-order valence-electron chi connectivity index (χ2n) is 7.41. The predicted molar refractivity (Wildman–Crippen MR) is 114 cm³/mol. The molecule has 0 N–H and O–H groups in total. The summed E-state index contributed by atoms with van der Waals surface area (Å²) < 4.78 is 5.42. The largest absolute Gasteiger partial charge is 0.473 e. The van der Waals surface area contributed by atoms with Crippen LogP contribution in [0.5, 0.6) is 0 Å². The van der Waals surface area contributed by atoms with E-state index in [0.29, 0.717) is 0 Å². The highest BCUT2D eigenvalue weighted by molar-refractivity contribution is 4.79. The van der Waals surface area contributed by atoms with Gasteiger partial charge in [0.1, 0.15) is 0 Å². The summed E-state index contributed by atoms with van der Waals surface area (Å²) in [5.74, 6) is 0. The Morgan fingerprint density at radius 3 is 1.12 bits per heavy atom. The van der Waals surface area contributed by atoms with Crippen molar-refractivity contribution in [3.63, 3.8) is 0 Å². The molecule has 0 saturated heterocycles. The fourth-order valence-corrected chi connectivity index (χ4v) is 3.08. The third-order valence-corrected chi connectivity index (χ3v) is 4.80. The predicted octanol–water partition coefficient (Wildman–Crippen LogP) is 9.09. The van der Waals surface area contributed by atoms with Crippen LogP contribution in [0.2, 0.25) is 0 Å². The third-order valence-electron chi connectivity index (χ3n) is 4.80. The molecule has 0 unspecified atom stereocenters. The van der Waals surface area contributed by atoms with Crippen molar-refractivity contribution in [2.75, 3.05) is 0 Å². The van der Waals surface area contributed by atoms with Gasteiger partial charge in [0.05, 0.1) is 12.5 Å². The van der Waals surface area contributed by atoms with Crippen molar-refractivity contribution < 1.29 is 4.74 Å². The van der Waals surface area contributed by atoms with Gasteiger partial charge in [0, 0.05) is 0 Å². The van der Waals surface area contributed by atoms with E-state index in [1.165, 1.54) is 103 Å². The van der Waals surface area contributed by atoms with Crippen molar-refractivity contribution in [1.29, 1.82) is 0 Å². The topological polar surface area (TPSA) is 9.23 Å². The van der Waals surface area contributed by atoms with Crippen LogP contribution in [-0.2, 0) is 4.74 Å². The third kappa shape index (κ3) is 23.3. The van der Waals surface area contributed by atoms with E-state index in [1.54, 1.807) is 0 Å². The van der Waals surface area contributed by atoms with Crippen LogP contribution in [0.4, 0.5) is 0 Å². The first-order chi connectivity index (χ1) is 12.4. The van der Waals surface area contributed by atoms with Crippen LogP contribution in [0.1, 0.15) is 129 Å². The Morgan fingerprint density at radius 1 is 0.440 bits per heavy atom. The Balaban J connectivity index is 3.14. The van der Waals surface area contributed by atoms with E-state index in [1.807, 2.05) is 12.5 Å². The molecule has 148 valence electrons. The fourth-order valence-electron chi connectivity index (χ4n) is 3.08. The summed E-state index contributed by atoms with van der Waals surface area (Å²) >= 11 is 0. The van der Waals surface area contributed by atoms with E-state index in [0.717, 1.165) is 12.8 Å². The highest BCUT2D eigenvalue weighted by Crippen LogP contribution is 2.10. The van der Waals surface area contributed by atoms with Crippen molar-refractivity contribution in [1.82, 2.24) is 0 Å². The summed E-state index contributed by atoms with van der Waals surface area (Å²) in [6.07, 6.45) is 32.5. The van der Waals surface area contributed by atoms with Crippen LogP contribution < -0.4 is 0 Å². The number of unbranched alkanes of at least 4 members (excludes halogenated alkanes) is 16. The van der Waals surface area contributed by atoms with Crippen LogP contribution in [0.25, 0.3) is 0 Å². The van der Waals surface area contributed by atoms with Crippen molar-refractivity contribution in [3.8, 4) is 0 Å². The van der Waals surface area contributed by atoms with Gasteiger partial charge in [-0.2, -0.15) is 0 Å². The lowest BCUT2D eigenvalue weighted by Crippen LogP contribution is -1.80. The van der Waals surface area contributed by atoms with Crippen molar-refractivity contribution in [2.24, 2.45) is 0 Å². The number of allylic oxidation sites excluding steroid dienone is 2. The van der Waals surface area contributed by atoms with E-state index in [-0.39, 0.29) is 0 Å². The average Bonchev–Trinajstić information content (AvgIpc) is 2.63. The molecule has 0 aliphatic heterocycles. The molecule has 1 heteroatoms. The molecule has 0 heterocycles. The van der Waals surface area contributed by atoms with Crippen LogP contribution >= 0.6 is 0 Å². The molecule has 0 aromatic carbocycles. The van der Waals surface area contributed by atoms with Crippen LogP contribution in [-0.4, -0.2) is 0 Å². The molecule has 0 aromatic rings. The molecular weight excluding hydrogens is 304 g/mol. The molecule has 0 atom stereocenters. The Morgan fingerprint density at radius 2 is 0.760 bits per heavy atom. The maximum atomic E-state index is 5.42. The lowest BCUT2D eigenvalue weighted by molar-refractivity contribution is 0.397. The molecule has 0 rings (SSSR count). The average molecular weight is 351 g/mol. The first-order valence-electron chi connectivity index (χ1n) is 11.4. The highest BCUT2D eigenvalue weighted by atomic mass is 16.5. The molecule has 1 nitrogen and oxygen atoms in total. The maximum absolute atomic E-state index is 5.42. The molecule has 0 amide bonds. The van der Waals surface area contributed by atoms with Gasteiger partial charge in [-0.25, -0.2) is 0 Å². The fraction of sp³-hybridized carbons (Fsp3) is 0.833. The molecular formula is C24H46O. The van der Waals surface area contributed by atoms with E-state index >= 15 is 0 Å². The van der Waals surface area contributed by atoms with Gasteiger partial charge in [0.15, 0.2) is 0 Å². The summed E-state index contributed by atoms with van der Waals surface area (Å²) in [6, 6.07) is 0. The Kier molecular flexibility index (Phi) is 22.6. The number of ether oxygens (including phenoxy) is 1. The monoisotopic (exact) mass is 350 g/mol. The molecule has 0 saturated carbocycles. The van der Waals surface area contributed by atoms with Crippen molar-refractivity contribution >= 4 is 0 Å². The van der Waals surface area contributed by atoms with Gasteiger partial charge in [0.25, 0.3) is 0 Å². The van der Waals surface area contributed by atoms with E-state index in [2.05, 4.69) is 26.0 Å². The summed E-state index contributed by atoms with van der Waals surface area (Å²) in [5, 5.41) is 0. The molecule has 0 radical (unpaired) electrons. The van der Waals surface area contributed by atoms with Gasteiger partial charge < -0.3 is 4.74 Å². The number of rotatable bonds is 20. The number of hydrogen-bond donors (Lipinski definition) is 0. The minimum Gasteiger partial charge on any atom is -0.473 e. The van der Waals surface area contributed by atoms with E-state index in [4.69, 9.17) is 4.74 Å². The summed E-state index contributed by atoms with van der Waals surface area (Å²) in [6.45, 7) is 4.56. The van der Waals surface area contributed by atoms with Gasteiger partial charge >= 0.3 is 0 Å². The zero-order valence-corrected chi connectivity index (χ0v) is 17.4. The van der Waals surface area contributed by atoms with Gasteiger partial charge in [-0.05, 0) is 37.8 Å². The van der Waals surface area contributed by atoms with Crippen LogP contribution in [0.15, 0.2) is 24.7 Å². The second-order valence-corrected chi connectivity index (χ2v) is 7.41. The lowest BCUT2D eigenvalue weighted by atomic mass is 10.1. The first-order valence-corrected chi connectivity index (χ1v) is 11.4. The minimum atomic E-state index is 1.15. The van der Waals surface area contributed by atoms with E-state index < -0.39 is 0 Å². The smallest absolute Gasteiger partial charge is 0.0861 e. The molecule has 0 aromatic heterocycles. The van der Waals surface area contributed by atoms with E-state index in [9.17, 15) is 0 Å². The summed E-state index contributed by atoms with van der Waals surface area (Å²) in [5.41, 5.74) is 0. The first kappa shape index (κ1) is 24.3. The molecule has 0 fully saturated rings. The van der Waals surface area contributed by atoms with Gasteiger partial charge in [-0.3, -0.25) is 0 Å². The molecule has 0 bridgehead atoms. The second kappa shape index (κ2) is 23.3. The van der Waals surface area contributed by atoms with Gasteiger partial charge in [-0.1, -0.05) is 104 Å². The summed E-state index contributed by atoms with van der Waals surface area (Å²) in [7, 11) is 0. The standard InChI is InChI=1S/C24H46O/c1-3-5-7-9-11-13-15-17-19-21-23-25-24-22-20-18-16-14-12-10-8-6-4-2/h21-24H,3-20H2,1-2H3/b23-21+,24-22+. The SMILES string of the molecule is CCCCCCCCCC/C=C/O/C=C/CCCCCCCCCC. The van der Waals surface area contributed by atoms with Gasteiger partial charge in [-0.15, -0.1) is 0 Å².